The topological polar surface area (TPSA) is 99.3 Å². The van der Waals surface area contributed by atoms with Crippen molar-refractivity contribution in [2.45, 2.75) is 0 Å². The number of hydrogen-bond donors (Lipinski definition) is 2. The molecule has 0 bridgehead atoms. The maximum Gasteiger partial charge on any atom is 0.212 e. The highest BCUT2D eigenvalue weighted by Gasteiger charge is 2.08. The lowest BCUT2D eigenvalue weighted by Gasteiger charge is -1.90. The first-order valence-corrected chi connectivity index (χ1v) is 5.65. The van der Waals surface area contributed by atoms with Gasteiger partial charge in [-0.15, -0.1) is 11.3 Å². The standard InChI is InChI=1S/C10H11N5OS/c1-15-3-6(2-7(15)4-16)8-5-17-10(13-8)14-9(11)12/h2-5H,1H3,(H4,11,12,13,14). The Morgan fingerprint density at radius 1 is 1.59 bits per heavy atom. The molecule has 0 saturated heterocycles. The summed E-state index contributed by atoms with van der Waals surface area (Å²) < 4.78 is 1.74. The summed E-state index contributed by atoms with van der Waals surface area (Å²) in [7, 11) is 1.80. The smallest absolute Gasteiger partial charge is 0.212 e. The van der Waals surface area contributed by atoms with Gasteiger partial charge in [-0.1, -0.05) is 0 Å². The summed E-state index contributed by atoms with van der Waals surface area (Å²) in [6, 6.07) is 1.77. The van der Waals surface area contributed by atoms with Crippen LogP contribution in [0.25, 0.3) is 11.3 Å². The van der Waals surface area contributed by atoms with Crippen LogP contribution in [0.1, 0.15) is 10.5 Å². The van der Waals surface area contributed by atoms with E-state index in [1.807, 2.05) is 11.6 Å². The van der Waals surface area contributed by atoms with Gasteiger partial charge in [-0.05, 0) is 6.07 Å². The number of nitrogens with zero attached hydrogens (tertiary/aromatic N) is 3. The van der Waals surface area contributed by atoms with E-state index in [0.717, 1.165) is 17.5 Å². The molecule has 0 saturated carbocycles. The quantitative estimate of drug-likeness (QED) is 0.479. The van der Waals surface area contributed by atoms with Gasteiger partial charge in [-0.2, -0.15) is 4.99 Å². The van der Waals surface area contributed by atoms with Crippen LogP contribution in [0.3, 0.4) is 0 Å². The van der Waals surface area contributed by atoms with Gasteiger partial charge in [0, 0.05) is 24.2 Å². The van der Waals surface area contributed by atoms with Gasteiger partial charge in [0.15, 0.2) is 12.2 Å². The second kappa shape index (κ2) is 4.38. The molecular formula is C10H11N5OS. The van der Waals surface area contributed by atoms with E-state index in [0.29, 0.717) is 10.8 Å². The molecule has 2 rings (SSSR count). The first-order valence-electron chi connectivity index (χ1n) is 4.77. The minimum absolute atomic E-state index is 0.0208. The number of thiazole rings is 1. The van der Waals surface area contributed by atoms with E-state index < -0.39 is 0 Å². The molecule has 0 unspecified atom stereocenters. The Kier molecular flexibility index (Phi) is 2.92. The molecule has 0 aliphatic carbocycles. The fourth-order valence-electron chi connectivity index (χ4n) is 1.40. The van der Waals surface area contributed by atoms with E-state index in [2.05, 4.69) is 9.98 Å². The number of hydrogen-bond acceptors (Lipinski definition) is 4. The molecule has 88 valence electrons. The van der Waals surface area contributed by atoms with Gasteiger partial charge in [0.05, 0.1) is 11.4 Å². The minimum atomic E-state index is -0.0208. The van der Waals surface area contributed by atoms with Crippen molar-refractivity contribution >= 4 is 28.7 Å². The van der Waals surface area contributed by atoms with Crippen molar-refractivity contribution < 1.29 is 4.79 Å². The van der Waals surface area contributed by atoms with Crippen molar-refractivity contribution in [1.29, 1.82) is 0 Å². The number of nitrogens with two attached hydrogens (primary N) is 2. The molecule has 0 spiro atoms. The predicted molar refractivity (Wildman–Crippen MR) is 67.4 cm³/mol. The highest BCUT2D eigenvalue weighted by atomic mass is 32.1. The van der Waals surface area contributed by atoms with Crippen LogP contribution in [0.15, 0.2) is 22.6 Å². The number of guanidine groups is 1. The molecular weight excluding hydrogens is 238 g/mol. The van der Waals surface area contributed by atoms with Crippen LogP contribution in [0.4, 0.5) is 5.13 Å². The summed E-state index contributed by atoms with van der Waals surface area (Å²) >= 11 is 1.34. The zero-order chi connectivity index (χ0) is 12.4. The molecule has 4 N–H and O–H groups in total. The molecule has 0 aromatic carbocycles. The van der Waals surface area contributed by atoms with E-state index in [1.165, 1.54) is 11.3 Å². The van der Waals surface area contributed by atoms with Crippen LogP contribution in [0.2, 0.25) is 0 Å². The molecule has 2 heterocycles. The van der Waals surface area contributed by atoms with Crippen LogP contribution >= 0.6 is 11.3 Å². The molecule has 17 heavy (non-hydrogen) atoms. The molecule has 7 heteroatoms. The summed E-state index contributed by atoms with van der Waals surface area (Å²) in [5, 5.41) is 2.34. The van der Waals surface area contributed by atoms with Gasteiger partial charge < -0.3 is 16.0 Å². The molecule has 0 atom stereocenters. The minimum Gasteiger partial charge on any atom is -0.370 e. The second-order valence-electron chi connectivity index (χ2n) is 3.43. The third-order valence-electron chi connectivity index (χ3n) is 2.18. The summed E-state index contributed by atoms with van der Waals surface area (Å²) in [5.41, 5.74) is 12.7. The molecule has 0 fully saturated rings. The zero-order valence-electron chi connectivity index (χ0n) is 9.12. The summed E-state index contributed by atoms with van der Waals surface area (Å²) in [5.74, 6) is -0.0208. The van der Waals surface area contributed by atoms with Crippen LogP contribution in [0.5, 0.6) is 0 Å². The largest absolute Gasteiger partial charge is 0.370 e. The Morgan fingerprint density at radius 2 is 2.35 bits per heavy atom. The van der Waals surface area contributed by atoms with Crippen LogP contribution < -0.4 is 11.5 Å². The molecule has 0 radical (unpaired) electrons. The number of aldehydes is 1. The van der Waals surface area contributed by atoms with Gasteiger partial charge in [-0.25, -0.2) is 4.98 Å². The highest BCUT2D eigenvalue weighted by molar-refractivity contribution is 7.13. The first kappa shape index (κ1) is 11.3. The van der Waals surface area contributed by atoms with Gasteiger partial charge in [-0.3, -0.25) is 4.79 Å². The Bertz CT molecular complexity index is 579. The highest BCUT2D eigenvalue weighted by Crippen LogP contribution is 2.27. The molecule has 0 amide bonds. The van der Waals surface area contributed by atoms with E-state index in [-0.39, 0.29) is 5.96 Å². The molecule has 0 aliphatic rings. The average molecular weight is 249 g/mol. The van der Waals surface area contributed by atoms with Crippen molar-refractivity contribution in [3.8, 4) is 11.3 Å². The molecule has 2 aromatic rings. The Labute approximate surface area is 102 Å². The summed E-state index contributed by atoms with van der Waals surface area (Å²) in [6.07, 6.45) is 2.63. The van der Waals surface area contributed by atoms with E-state index in [4.69, 9.17) is 11.5 Å². The Hall–Kier alpha value is -2.15. The van der Waals surface area contributed by atoms with Crippen LogP contribution in [0, 0.1) is 0 Å². The Morgan fingerprint density at radius 3 is 2.94 bits per heavy atom. The van der Waals surface area contributed by atoms with Gasteiger partial charge in [0.2, 0.25) is 5.13 Å². The monoisotopic (exact) mass is 249 g/mol. The van der Waals surface area contributed by atoms with E-state index >= 15 is 0 Å². The number of aromatic nitrogens is 2. The van der Waals surface area contributed by atoms with Crippen molar-refractivity contribution in [2.75, 3.05) is 0 Å². The number of carbonyl (C=O) groups is 1. The third kappa shape index (κ3) is 2.34. The SMILES string of the molecule is Cn1cc(-c2csc(N=C(N)N)n2)cc1C=O. The lowest BCUT2D eigenvalue weighted by molar-refractivity contribution is 0.111. The van der Waals surface area contributed by atoms with E-state index in [1.54, 1.807) is 17.7 Å². The van der Waals surface area contributed by atoms with Crippen molar-refractivity contribution in [3.63, 3.8) is 0 Å². The van der Waals surface area contributed by atoms with E-state index in [9.17, 15) is 4.79 Å². The van der Waals surface area contributed by atoms with Crippen LogP contribution in [-0.4, -0.2) is 21.8 Å². The number of rotatable bonds is 3. The number of aryl methyl sites for hydroxylation is 1. The lowest BCUT2D eigenvalue weighted by atomic mass is 10.2. The molecule has 2 aromatic heterocycles. The average Bonchev–Trinajstić information content (AvgIpc) is 2.83. The maximum absolute atomic E-state index is 10.7. The fraction of sp³-hybridized carbons (Fsp3) is 0.100. The predicted octanol–water partition coefficient (Wildman–Crippen LogP) is 0.866. The van der Waals surface area contributed by atoms with Crippen LogP contribution in [-0.2, 0) is 7.05 Å². The van der Waals surface area contributed by atoms with Crippen molar-refractivity contribution in [1.82, 2.24) is 9.55 Å². The van der Waals surface area contributed by atoms with Crippen molar-refractivity contribution in [2.24, 2.45) is 23.5 Å². The first-order chi connectivity index (χ1) is 8.10. The zero-order valence-corrected chi connectivity index (χ0v) is 9.94. The Balaban J connectivity index is 2.36. The third-order valence-corrected chi connectivity index (χ3v) is 2.91. The number of carbonyl (C=O) groups excluding carboxylic acids is 1. The molecule has 6 nitrogen and oxygen atoms in total. The van der Waals surface area contributed by atoms with Gasteiger partial charge in [0.25, 0.3) is 0 Å². The van der Waals surface area contributed by atoms with Gasteiger partial charge >= 0.3 is 0 Å². The van der Waals surface area contributed by atoms with Gasteiger partial charge in [0.1, 0.15) is 0 Å². The summed E-state index contributed by atoms with van der Waals surface area (Å²) in [4.78, 5) is 18.8. The summed E-state index contributed by atoms with van der Waals surface area (Å²) in [6.45, 7) is 0. The fourth-order valence-corrected chi connectivity index (χ4v) is 2.11. The second-order valence-corrected chi connectivity index (χ2v) is 4.27. The molecule has 0 aliphatic heterocycles. The van der Waals surface area contributed by atoms with Crippen molar-refractivity contribution in [3.05, 3.63) is 23.3 Å². The normalized spacial score (nSPS) is 10.2. The number of aliphatic imine (C=N–C) groups is 1. The maximum atomic E-state index is 10.7. The lowest BCUT2D eigenvalue weighted by Crippen LogP contribution is -2.21.